The van der Waals surface area contributed by atoms with Crippen LogP contribution in [-0.2, 0) is 30.3 Å². The molecule has 0 aliphatic rings. The molecule has 0 saturated carbocycles. The summed E-state index contributed by atoms with van der Waals surface area (Å²) in [6, 6.07) is 6.40. The highest BCUT2D eigenvalue weighted by Crippen LogP contribution is 2.12. The molecular weight excluding hydrogens is 490 g/mol. The Morgan fingerprint density at radius 2 is 1.55 bits per heavy atom. The van der Waals surface area contributed by atoms with Gasteiger partial charge in [0.1, 0.15) is 17.7 Å². The molecule has 0 aromatic heterocycles. The van der Waals surface area contributed by atoms with E-state index in [1.54, 1.807) is 34.6 Å². The van der Waals surface area contributed by atoms with Crippen LogP contribution in [0.15, 0.2) is 42.5 Å². The Bertz CT molecular complexity index is 942. The van der Waals surface area contributed by atoms with Crippen molar-refractivity contribution in [2.75, 3.05) is 6.61 Å². The summed E-state index contributed by atoms with van der Waals surface area (Å²) in [5.74, 6) is -2.11. The molecule has 0 spiro atoms. The molecule has 0 aliphatic carbocycles. The van der Waals surface area contributed by atoms with Gasteiger partial charge in [0.25, 0.3) is 0 Å². The molecule has 1 aromatic carbocycles. The number of rotatable bonds is 13. The Hall–Kier alpha value is -3.40. The lowest BCUT2D eigenvalue weighted by Gasteiger charge is -2.29. The summed E-state index contributed by atoms with van der Waals surface area (Å²) in [7, 11) is 0. The number of hydrogen-bond donors (Lipinski definition) is 4. The van der Waals surface area contributed by atoms with Crippen molar-refractivity contribution in [3.63, 3.8) is 0 Å². The zero-order valence-electron chi connectivity index (χ0n) is 23.4. The average Bonchev–Trinajstić information content (AvgIpc) is 2.83. The van der Waals surface area contributed by atoms with Crippen LogP contribution in [0.5, 0.6) is 0 Å². The zero-order valence-corrected chi connectivity index (χ0v) is 23.4. The third kappa shape index (κ3) is 12.2. The number of ether oxygens (including phenoxy) is 2. The van der Waals surface area contributed by atoms with E-state index in [0.29, 0.717) is 12.8 Å². The summed E-state index contributed by atoms with van der Waals surface area (Å²) in [5.41, 5.74) is 0.148. The molecule has 10 nitrogen and oxygen atoms in total. The van der Waals surface area contributed by atoms with Crippen LogP contribution in [0.4, 0.5) is 4.79 Å². The molecule has 0 bridgehead atoms. The van der Waals surface area contributed by atoms with E-state index in [2.05, 4.69) is 16.0 Å². The van der Waals surface area contributed by atoms with E-state index < -0.39 is 53.7 Å². The van der Waals surface area contributed by atoms with Gasteiger partial charge in [-0.2, -0.15) is 0 Å². The molecule has 1 rings (SSSR count). The normalized spacial score (nSPS) is 15.5. The maximum Gasteiger partial charge on any atom is 0.408 e. The minimum atomic E-state index is -1.32. The summed E-state index contributed by atoms with van der Waals surface area (Å²) in [6.07, 6.45) is 1.66. The highest BCUT2D eigenvalue weighted by molar-refractivity contribution is 5.92. The quantitative estimate of drug-likeness (QED) is 0.225. The Kier molecular flexibility index (Phi) is 13.5. The first-order valence-electron chi connectivity index (χ1n) is 12.9. The number of nitrogens with one attached hydrogen (secondary N) is 3. The first kappa shape index (κ1) is 32.6. The minimum Gasteiger partial charge on any atom is -0.463 e. The maximum absolute atomic E-state index is 13.2. The summed E-state index contributed by atoms with van der Waals surface area (Å²) in [6.45, 7) is 12.1. The number of benzene rings is 1. The number of carbonyl (C=O) groups excluding carboxylic acids is 4. The van der Waals surface area contributed by atoms with Crippen molar-refractivity contribution in [2.24, 2.45) is 5.92 Å². The summed E-state index contributed by atoms with van der Waals surface area (Å²) >= 11 is 0. The molecule has 0 saturated heterocycles. The number of amides is 3. The maximum atomic E-state index is 13.2. The lowest BCUT2D eigenvalue weighted by molar-refractivity contribution is -0.137. The van der Waals surface area contributed by atoms with Gasteiger partial charge in [-0.1, -0.05) is 56.7 Å². The number of esters is 1. The lowest BCUT2D eigenvalue weighted by Crippen LogP contribution is -2.59. The highest BCUT2D eigenvalue weighted by Gasteiger charge is 2.33. The largest absolute Gasteiger partial charge is 0.463 e. The van der Waals surface area contributed by atoms with Crippen molar-refractivity contribution in [2.45, 2.75) is 91.1 Å². The number of aliphatic hydroxyl groups excluding tert-OH is 1. The van der Waals surface area contributed by atoms with Crippen LogP contribution >= 0.6 is 0 Å². The van der Waals surface area contributed by atoms with Gasteiger partial charge in [0, 0.05) is 6.08 Å². The Labute approximate surface area is 225 Å². The number of alkyl carbamates (subject to hydrolysis) is 1. The molecule has 0 fully saturated rings. The van der Waals surface area contributed by atoms with Gasteiger partial charge in [-0.25, -0.2) is 9.59 Å². The van der Waals surface area contributed by atoms with Crippen LogP contribution in [0.1, 0.15) is 60.5 Å². The van der Waals surface area contributed by atoms with E-state index in [4.69, 9.17) is 9.47 Å². The van der Waals surface area contributed by atoms with E-state index in [9.17, 15) is 24.3 Å². The van der Waals surface area contributed by atoms with Crippen molar-refractivity contribution in [1.82, 2.24) is 16.0 Å². The van der Waals surface area contributed by atoms with E-state index in [0.717, 1.165) is 5.56 Å². The topological polar surface area (TPSA) is 143 Å². The molecule has 10 heteroatoms. The lowest BCUT2D eigenvalue weighted by atomic mass is 9.97. The predicted octanol–water partition coefficient (Wildman–Crippen LogP) is 2.64. The Balaban J connectivity index is 3.07. The fourth-order valence-electron chi connectivity index (χ4n) is 3.48. The fourth-order valence-corrected chi connectivity index (χ4v) is 3.48. The molecule has 38 heavy (non-hydrogen) atoms. The molecule has 4 N–H and O–H groups in total. The Morgan fingerprint density at radius 3 is 2.08 bits per heavy atom. The van der Waals surface area contributed by atoms with Crippen molar-refractivity contribution < 1.29 is 33.8 Å². The van der Waals surface area contributed by atoms with Crippen LogP contribution in [0.25, 0.3) is 0 Å². The molecule has 5 atom stereocenters. The second kappa shape index (κ2) is 15.8. The van der Waals surface area contributed by atoms with Crippen LogP contribution in [0, 0.1) is 5.92 Å². The van der Waals surface area contributed by atoms with Crippen molar-refractivity contribution >= 4 is 23.9 Å². The van der Waals surface area contributed by atoms with Crippen molar-refractivity contribution in [1.29, 1.82) is 0 Å². The summed E-state index contributed by atoms with van der Waals surface area (Å²) in [5, 5.41) is 18.3. The molecule has 0 unspecified atom stereocenters. The van der Waals surface area contributed by atoms with Crippen molar-refractivity contribution in [3.8, 4) is 0 Å². The van der Waals surface area contributed by atoms with E-state index >= 15 is 0 Å². The summed E-state index contributed by atoms with van der Waals surface area (Å²) in [4.78, 5) is 50.6. The molecule has 0 radical (unpaired) electrons. The zero-order chi connectivity index (χ0) is 28.9. The fraction of sp³-hybridized carbons (Fsp3) is 0.571. The number of hydrogen-bond acceptors (Lipinski definition) is 7. The molecule has 0 aliphatic heterocycles. The van der Waals surface area contributed by atoms with Crippen LogP contribution in [-0.4, -0.2) is 65.4 Å². The number of carbonyl (C=O) groups is 4. The van der Waals surface area contributed by atoms with Gasteiger partial charge in [-0.15, -0.1) is 0 Å². The molecule has 212 valence electrons. The van der Waals surface area contributed by atoms with Gasteiger partial charge < -0.3 is 30.5 Å². The van der Waals surface area contributed by atoms with Gasteiger partial charge in [0.05, 0.1) is 18.8 Å². The van der Waals surface area contributed by atoms with Gasteiger partial charge in [0.2, 0.25) is 11.8 Å². The van der Waals surface area contributed by atoms with E-state index in [1.807, 2.05) is 37.3 Å². The number of aliphatic hydroxyl groups is 1. The van der Waals surface area contributed by atoms with E-state index in [-0.39, 0.29) is 12.5 Å². The molecule has 0 heterocycles. The van der Waals surface area contributed by atoms with Crippen LogP contribution in [0.3, 0.4) is 0 Å². The van der Waals surface area contributed by atoms with Crippen molar-refractivity contribution in [3.05, 3.63) is 48.0 Å². The monoisotopic (exact) mass is 533 g/mol. The third-order valence-corrected chi connectivity index (χ3v) is 5.61. The predicted molar refractivity (Wildman–Crippen MR) is 144 cm³/mol. The van der Waals surface area contributed by atoms with Gasteiger partial charge in [-0.05, 0) is 52.5 Å². The second-order valence-electron chi connectivity index (χ2n) is 10.2. The van der Waals surface area contributed by atoms with Gasteiger partial charge in [0.15, 0.2) is 0 Å². The smallest absolute Gasteiger partial charge is 0.408 e. The second-order valence-corrected chi connectivity index (χ2v) is 10.2. The van der Waals surface area contributed by atoms with Gasteiger partial charge >= 0.3 is 12.1 Å². The molecule has 3 amide bonds. The summed E-state index contributed by atoms with van der Waals surface area (Å²) < 4.78 is 10.2. The average molecular weight is 534 g/mol. The molecular formula is C28H43N3O7. The standard InChI is InChI=1S/C28H43N3O7/c1-8-18(3)23(31-27(36)38-28(5,6)7)25(34)30-24(19(4)32)26(35)29-21(15-16-22(33)37-9-2)17-20-13-11-10-12-14-20/h10-16,18-19,21,23-24,32H,8-9,17H2,1-7H3,(H,29,35)(H,30,34)(H,31,36)/b16-15+/t18-,19+,21+,23-,24-/m0/s1. The molecule has 1 aromatic rings. The van der Waals surface area contributed by atoms with Crippen LogP contribution < -0.4 is 16.0 Å². The Morgan fingerprint density at radius 1 is 0.947 bits per heavy atom. The third-order valence-electron chi connectivity index (χ3n) is 5.61. The first-order chi connectivity index (χ1) is 17.8. The van der Waals surface area contributed by atoms with Gasteiger partial charge in [-0.3, -0.25) is 9.59 Å². The minimum absolute atomic E-state index is 0.212. The SMILES string of the molecule is CCOC(=O)/C=C/[C@H](Cc1ccccc1)NC(=O)[C@@H](NC(=O)[C@@H](NC(=O)OC(C)(C)C)[C@@H](C)CC)[C@@H](C)O. The van der Waals surface area contributed by atoms with E-state index in [1.165, 1.54) is 19.1 Å². The van der Waals surface area contributed by atoms with Crippen LogP contribution in [0.2, 0.25) is 0 Å². The highest BCUT2D eigenvalue weighted by atomic mass is 16.6. The first-order valence-corrected chi connectivity index (χ1v) is 12.9.